The lowest BCUT2D eigenvalue weighted by atomic mass is 10.00. The fourth-order valence-corrected chi connectivity index (χ4v) is 8.79. The first-order valence-electron chi connectivity index (χ1n) is 24.9. The van der Waals surface area contributed by atoms with Crippen LogP contribution in [0.25, 0.3) is 115 Å². The normalized spacial score (nSPS) is 15.3. The van der Waals surface area contributed by atoms with E-state index in [1.54, 1.807) is 59.9 Å². The van der Waals surface area contributed by atoms with Crippen LogP contribution >= 0.6 is 11.3 Å². The van der Waals surface area contributed by atoms with Gasteiger partial charge in [-0.1, -0.05) is 133 Å². The highest BCUT2D eigenvalue weighted by atomic mass is 32.1. The molecule has 5 nitrogen and oxygen atoms in total. The molecule has 0 saturated carbocycles. The second-order valence-corrected chi connectivity index (χ2v) is 14.3. The summed E-state index contributed by atoms with van der Waals surface area (Å²) in [5, 5.41) is 1.91. The molecule has 0 unspecified atom stereocenters. The Morgan fingerprint density at radius 1 is 0.474 bits per heavy atom. The summed E-state index contributed by atoms with van der Waals surface area (Å²) in [6, 6.07) is 22.8. The monoisotopic (exact) mass is 760 g/mol. The van der Waals surface area contributed by atoms with Crippen LogP contribution in [0.1, 0.15) is 19.2 Å². The van der Waals surface area contributed by atoms with E-state index in [0.717, 1.165) is 20.2 Å². The highest BCUT2D eigenvalue weighted by molar-refractivity contribution is 7.26. The van der Waals surface area contributed by atoms with Gasteiger partial charge in [-0.3, -0.25) is 0 Å². The van der Waals surface area contributed by atoms with Gasteiger partial charge in [-0.05, 0) is 54.0 Å². The molecule has 4 heterocycles. The number of nitrogens with zero attached hydrogens (tertiary/aromatic N) is 4. The molecule has 0 fully saturated rings. The fraction of sp³-hybridized carbons (Fsp3) is 0. The maximum Gasteiger partial charge on any atom is 0.166 e. The van der Waals surface area contributed by atoms with Gasteiger partial charge in [0, 0.05) is 64.0 Å². The minimum absolute atomic E-state index is 0.00756. The molecule has 0 aliphatic heterocycles. The summed E-state index contributed by atoms with van der Waals surface area (Å²) in [6.45, 7) is 0. The molecule has 0 aliphatic rings. The van der Waals surface area contributed by atoms with Crippen molar-refractivity contribution in [2.45, 2.75) is 0 Å². The van der Waals surface area contributed by atoms with E-state index >= 15 is 0 Å². The molecule has 57 heavy (non-hydrogen) atoms. The number of furan rings is 1. The first kappa shape index (κ1) is 21.0. The van der Waals surface area contributed by atoms with E-state index in [0.29, 0.717) is 27.9 Å². The van der Waals surface area contributed by atoms with Crippen molar-refractivity contribution in [3.8, 4) is 51.0 Å². The van der Waals surface area contributed by atoms with E-state index in [1.807, 2.05) is 42.5 Å². The van der Waals surface area contributed by atoms with Crippen LogP contribution in [-0.4, -0.2) is 19.5 Å². The Hall–Kier alpha value is -7.41. The number of benzene rings is 8. The van der Waals surface area contributed by atoms with Crippen LogP contribution in [0.3, 0.4) is 0 Å². The summed E-state index contributed by atoms with van der Waals surface area (Å²) in [5.41, 5.74) is 1.94. The van der Waals surface area contributed by atoms with Crippen molar-refractivity contribution in [3.63, 3.8) is 0 Å². The predicted octanol–water partition coefficient (Wildman–Crippen LogP) is 13.9. The largest absolute Gasteiger partial charge is 0.455 e. The van der Waals surface area contributed by atoms with Crippen molar-refractivity contribution >= 4 is 75.3 Å². The lowest BCUT2D eigenvalue weighted by Gasteiger charge is -2.15. The van der Waals surface area contributed by atoms with E-state index in [4.69, 9.17) is 37.2 Å². The lowest BCUT2D eigenvalue weighted by molar-refractivity contribution is 0.670. The van der Waals surface area contributed by atoms with Crippen LogP contribution in [0.15, 0.2) is 186 Å². The van der Waals surface area contributed by atoms with Crippen LogP contribution in [0.5, 0.6) is 0 Å². The van der Waals surface area contributed by atoms with Crippen LogP contribution in [-0.2, 0) is 0 Å². The number of aromatic nitrogens is 4. The van der Waals surface area contributed by atoms with Gasteiger partial charge in [0.1, 0.15) is 11.2 Å². The van der Waals surface area contributed by atoms with E-state index in [9.17, 15) is 1.37 Å². The number of hydrogen-bond donors (Lipinski definition) is 0. The zero-order valence-corrected chi connectivity index (χ0v) is 30.2. The second-order valence-electron chi connectivity index (χ2n) is 13.3. The van der Waals surface area contributed by atoms with E-state index < -0.39 is 60.4 Å². The number of para-hydroxylation sites is 5. The summed E-state index contributed by atoms with van der Waals surface area (Å²) >= 11 is 1.57. The van der Waals surface area contributed by atoms with Gasteiger partial charge < -0.3 is 8.98 Å². The SMILES string of the molecule is [2H]c1cc([2H])c2c(c1[2H])c1c([2H])c([2H])c([2H])c([2H])c1n2-c1ccccc1-c1nc(-c2cccc(-c3c([2H])c([2H])c([2H])c4c3oc3c([2H])c([2H])c([2H])c([2H])c34)c2)nc(-c2cccc3c2sc2ccccc23)n1. The van der Waals surface area contributed by atoms with Crippen LogP contribution in [0.4, 0.5) is 0 Å². The minimum atomic E-state index is -0.533. The predicted molar refractivity (Wildman–Crippen MR) is 236 cm³/mol. The highest BCUT2D eigenvalue weighted by Gasteiger charge is 2.21. The quantitative estimate of drug-likeness (QED) is 0.175. The molecular formula is C51H30N4OS. The molecule has 0 amide bonds. The molecule has 0 aliphatic carbocycles. The molecule has 0 radical (unpaired) electrons. The zero-order chi connectivity index (χ0) is 49.6. The first-order chi connectivity index (χ1) is 34.1. The Labute approximate surface area is 350 Å². The van der Waals surface area contributed by atoms with Crippen LogP contribution < -0.4 is 0 Å². The molecule has 0 saturated heterocycles. The average Bonchev–Trinajstić information content (AvgIpc) is 4.08. The molecule has 4 aromatic heterocycles. The van der Waals surface area contributed by atoms with Gasteiger partial charge in [0.05, 0.1) is 35.9 Å². The van der Waals surface area contributed by atoms with Gasteiger partial charge in [0.25, 0.3) is 0 Å². The van der Waals surface area contributed by atoms with Crippen molar-refractivity contribution in [2.24, 2.45) is 0 Å². The molecule has 0 atom stereocenters. The number of rotatable bonds is 5. The average molecular weight is 761 g/mol. The molecule has 0 N–H and O–H groups in total. The Bertz CT molecular complexity index is 4380. The molecule has 0 bridgehead atoms. The van der Waals surface area contributed by atoms with Crippen molar-refractivity contribution in [1.82, 2.24) is 19.5 Å². The van der Waals surface area contributed by atoms with Gasteiger partial charge in [-0.15, -0.1) is 11.3 Å². The smallest absolute Gasteiger partial charge is 0.166 e. The number of hydrogen-bond acceptors (Lipinski definition) is 5. The second kappa shape index (κ2) is 12.6. The third kappa shape index (κ3) is 4.98. The highest BCUT2D eigenvalue weighted by Crippen LogP contribution is 2.42. The molecule has 266 valence electrons. The number of fused-ring (bicyclic) bond motifs is 9. The summed E-state index contributed by atoms with van der Waals surface area (Å²) in [4.78, 5) is 15.3. The Morgan fingerprint density at radius 2 is 1.16 bits per heavy atom. The fourth-order valence-electron chi connectivity index (χ4n) is 7.58. The summed E-state index contributed by atoms with van der Waals surface area (Å²) < 4.78 is 133. The van der Waals surface area contributed by atoms with Gasteiger partial charge >= 0.3 is 0 Å². The van der Waals surface area contributed by atoms with Gasteiger partial charge in [-0.25, -0.2) is 15.0 Å². The van der Waals surface area contributed by atoms with Gasteiger partial charge in [0.15, 0.2) is 17.5 Å². The van der Waals surface area contributed by atoms with E-state index in [2.05, 4.69) is 0 Å². The van der Waals surface area contributed by atoms with Crippen molar-refractivity contribution in [3.05, 3.63) is 182 Å². The Kier molecular flexibility index (Phi) is 4.64. The minimum Gasteiger partial charge on any atom is -0.455 e. The molecule has 8 aromatic carbocycles. The maximum absolute atomic E-state index is 9.19. The van der Waals surface area contributed by atoms with Gasteiger partial charge in [0.2, 0.25) is 0 Å². The molecule has 12 aromatic rings. The standard InChI is InChI=1S/C51H30N4OS/c1-6-25-42-34(16-1)35-17-2-7-26-43(35)55(42)44-27-8-3-20-40(44)50-52-49(53-51(54-50)41-24-13-23-39-37-19-5-10-29-46(37)57-48(39)41)32-15-11-14-31(30-32)33-21-12-22-38-36-18-4-9-28-45(36)56-47(33)38/h1-30H/i1D,2D,4D,6D,9D,12D,16D,17D,18D,21D,22D,25D,26D,28D. The van der Waals surface area contributed by atoms with Crippen LogP contribution in [0.2, 0.25) is 0 Å². The van der Waals surface area contributed by atoms with Crippen molar-refractivity contribution in [2.75, 3.05) is 0 Å². The molecular weight excluding hydrogens is 717 g/mol. The molecule has 0 spiro atoms. The van der Waals surface area contributed by atoms with E-state index in [1.165, 1.54) is 10.6 Å². The van der Waals surface area contributed by atoms with E-state index in [-0.39, 0.29) is 91.0 Å². The van der Waals surface area contributed by atoms with Crippen molar-refractivity contribution < 1.29 is 23.6 Å². The maximum atomic E-state index is 9.19. The summed E-state index contributed by atoms with van der Waals surface area (Å²) in [6.07, 6.45) is 0. The molecule has 6 heteroatoms. The van der Waals surface area contributed by atoms with Gasteiger partial charge in [-0.2, -0.15) is 0 Å². The number of thiophene rings is 1. The summed E-state index contributed by atoms with van der Waals surface area (Å²) in [5.74, 6) is 0.523. The topological polar surface area (TPSA) is 56.7 Å². The lowest BCUT2D eigenvalue weighted by Crippen LogP contribution is -2.03. The third-order valence-corrected chi connectivity index (χ3v) is 11.3. The summed E-state index contributed by atoms with van der Waals surface area (Å²) in [7, 11) is 0. The zero-order valence-electron chi connectivity index (χ0n) is 43.3. The van der Waals surface area contributed by atoms with Crippen molar-refractivity contribution in [1.29, 1.82) is 0 Å². The van der Waals surface area contributed by atoms with Crippen LogP contribution in [0, 0.1) is 0 Å². The Morgan fingerprint density at radius 3 is 2.11 bits per heavy atom. The first-order valence-corrected chi connectivity index (χ1v) is 18.7. The Balaban J connectivity index is 1.15. The third-order valence-electron chi connectivity index (χ3n) is 10.1. The molecule has 12 rings (SSSR count).